The van der Waals surface area contributed by atoms with Crippen molar-refractivity contribution in [3.63, 3.8) is 0 Å². The van der Waals surface area contributed by atoms with E-state index in [-0.39, 0.29) is 36.5 Å². The first-order valence-corrected chi connectivity index (χ1v) is 16.3. The number of ketones is 1. The molecule has 3 aliphatic rings. The van der Waals surface area contributed by atoms with Crippen LogP contribution in [0.25, 0.3) is 0 Å². The number of aliphatic hydroxyl groups is 1. The summed E-state index contributed by atoms with van der Waals surface area (Å²) >= 11 is 0. The molecule has 1 N–H and O–H groups in total. The van der Waals surface area contributed by atoms with Crippen LogP contribution >= 0.6 is 0 Å². The van der Waals surface area contributed by atoms with Crippen LogP contribution < -0.4 is 0 Å². The molecule has 0 aliphatic carbocycles. The van der Waals surface area contributed by atoms with E-state index in [2.05, 4.69) is 37.6 Å². The highest BCUT2D eigenvalue weighted by Crippen LogP contribution is 2.38. The number of aliphatic hydroxyl groups excluding tert-OH is 1. The number of hydrogen-bond acceptors (Lipinski definition) is 10. The number of likely N-dealkylation sites (N-methyl/N-ethyl adjacent to an activating group) is 2. The molecular formula is C33H61N3O7. The standard InChI is InChI=1S/C33H61N3O7/c1-20(2)15-36-17-24(18-36)26-19-41-31(39)32(6,7)28(38)23(5)29(33(8,40-12)14-21(3)16-35(26)11)43-30-27(37)25(34(9)10)13-22(4)42-30/h20-27,29-30,37H,13-19H2,1-12H3/t21-,22-,23+,25+,26-,27-,29-,30+,33-/m1/s1. The van der Waals surface area contributed by atoms with Crippen LogP contribution in [0.3, 0.4) is 0 Å². The van der Waals surface area contributed by atoms with Gasteiger partial charge in [0.15, 0.2) is 12.1 Å². The first-order valence-electron chi connectivity index (χ1n) is 16.3. The lowest BCUT2D eigenvalue weighted by Crippen LogP contribution is -2.59. The van der Waals surface area contributed by atoms with E-state index in [9.17, 15) is 14.7 Å². The second-order valence-corrected chi connectivity index (χ2v) is 15.2. The van der Waals surface area contributed by atoms with Crippen LogP contribution in [0, 0.1) is 29.1 Å². The first kappa shape index (κ1) is 36.3. The molecule has 10 heteroatoms. The van der Waals surface area contributed by atoms with Crippen molar-refractivity contribution < 1.29 is 33.6 Å². The third-order valence-corrected chi connectivity index (χ3v) is 10.1. The third-order valence-electron chi connectivity index (χ3n) is 10.1. The zero-order valence-corrected chi connectivity index (χ0v) is 29.0. The van der Waals surface area contributed by atoms with Crippen molar-refractivity contribution in [3.05, 3.63) is 0 Å². The molecule has 0 radical (unpaired) electrons. The lowest BCUT2D eigenvalue weighted by molar-refractivity contribution is -0.295. The van der Waals surface area contributed by atoms with Gasteiger partial charge < -0.3 is 33.9 Å². The van der Waals surface area contributed by atoms with Gasteiger partial charge in [0, 0.05) is 57.2 Å². The lowest BCUT2D eigenvalue weighted by Gasteiger charge is -2.48. The van der Waals surface area contributed by atoms with E-state index in [4.69, 9.17) is 18.9 Å². The van der Waals surface area contributed by atoms with Gasteiger partial charge in [-0.1, -0.05) is 27.7 Å². The average molecular weight is 612 g/mol. The molecule has 43 heavy (non-hydrogen) atoms. The summed E-state index contributed by atoms with van der Waals surface area (Å²) in [6.07, 6.45) is -1.53. The number of esters is 1. The molecule has 3 heterocycles. The van der Waals surface area contributed by atoms with E-state index in [1.54, 1.807) is 27.9 Å². The monoisotopic (exact) mass is 611 g/mol. The van der Waals surface area contributed by atoms with Gasteiger partial charge in [-0.05, 0) is 73.5 Å². The van der Waals surface area contributed by atoms with Gasteiger partial charge >= 0.3 is 5.97 Å². The van der Waals surface area contributed by atoms with Crippen LogP contribution in [0.4, 0.5) is 0 Å². The smallest absolute Gasteiger partial charge is 0.319 e. The Bertz CT molecular complexity index is 939. The normalized spacial score (nSPS) is 39.6. The molecule has 0 saturated carbocycles. The number of nitrogens with zero attached hydrogens (tertiary/aromatic N) is 3. The maximum absolute atomic E-state index is 14.2. The van der Waals surface area contributed by atoms with Gasteiger partial charge in [0.2, 0.25) is 0 Å². The molecule has 0 spiro atoms. The molecule has 0 aromatic carbocycles. The number of carbonyl (C=O) groups is 2. The van der Waals surface area contributed by atoms with E-state index in [1.807, 2.05) is 32.8 Å². The molecule has 0 amide bonds. The van der Waals surface area contributed by atoms with Gasteiger partial charge in [-0.2, -0.15) is 0 Å². The molecule has 3 fully saturated rings. The molecule has 3 rings (SSSR count). The summed E-state index contributed by atoms with van der Waals surface area (Å²) < 4.78 is 24.9. The molecular weight excluding hydrogens is 550 g/mol. The number of rotatable bonds is 7. The van der Waals surface area contributed by atoms with Crippen LogP contribution in [0.15, 0.2) is 0 Å². The van der Waals surface area contributed by atoms with Crippen LogP contribution in [-0.4, -0.2) is 135 Å². The summed E-state index contributed by atoms with van der Waals surface area (Å²) in [7, 11) is 7.61. The van der Waals surface area contributed by atoms with Crippen LogP contribution in [0.5, 0.6) is 0 Å². The van der Waals surface area contributed by atoms with E-state index >= 15 is 0 Å². The number of hydrogen-bond donors (Lipinski definition) is 1. The largest absolute Gasteiger partial charge is 0.463 e. The van der Waals surface area contributed by atoms with Crippen LogP contribution in [0.2, 0.25) is 0 Å². The Morgan fingerprint density at radius 2 is 1.72 bits per heavy atom. The summed E-state index contributed by atoms with van der Waals surface area (Å²) in [5.74, 6) is -0.389. The van der Waals surface area contributed by atoms with Crippen molar-refractivity contribution in [1.29, 1.82) is 0 Å². The molecule has 10 nitrogen and oxygen atoms in total. The van der Waals surface area contributed by atoms with Crippen molar-refractivity contribution >= 4 is 11.8 Å². The van der Waals surface area contributed by atoms with E-state index in [1.165, 1.54) is 0 Å². The molecule has 9 atom stereocenters. The Morgan fingerprint density at radius 1 is 1.09 bits per heavy atom. The summed E-state index contributed by atoms with van der Waals surface area (Å²) in [6.45, 7) is 19.7. The maximum Gasteiger partial charge on any atom is 0.319 e. The predicted octanol–water partition coefficient (Wildman–Crippen LogP) is 2.91. The zero-order valence-electron chi connectivity index (χ0n) is 29.0. The second-order valence-electron chi connectivity index (χ2n) is 15.2. The van der Waals surface area contributed by atoms with Crippen LogP contribution in [0.1, 0.15) is 68.2 Å². The fourth-order valence-corrected chi connectivity index (χ4v) is 7.58. The average Bonchev–Trinajstić information content (AvgIpc) is 2.89. The van der Waals surface area contributed by atoms with Crippen molar-refractivity contribution in [2.75, 3.05) is 61.0 Å². The fourth-order valence-electron chi connectivity index (χ4n) is 7.58. The Balaban J connectivity index is 1.94. The number of carbonyl (C=O) groups excluding carboxylic acids is 2. The van der Waals surface area contributed by atoms with Gasteiger partial charge in [-0.15, -0.1) is 0 Å². The van der Waals surface area contributed by atoms with Gasteiger partial charge in [0.25, 0.3) is 0 Å². The molecule has 0 bridgehead atoms. The quantitative estimate of drug-likeness (QED) is 0.342. The maximum atomic E-state index is 14.2. The van der Waals surface area contributed by atoms with Crippen LogP contribution in [-0.2, 0) is 28.5 Å². The Kier molecular flexibility index (Phi) is 12.3. The number of ether oxygens (including phenoxy) is 4. The topological polar surface area (TPSA) is 101 Å². The SMILES string of the molecule is CO[C@]1(C)C[C@@H](C)CN(C)[C@@H](C2CN(CC(C)C)C2)COC(=O)C(C)(C)C(=O)[C@H](C)[C@H]1O[C@@H]1O[C@H](C)C[C@H](N(C)C)[C@H]1O. The number of cyclic esters (lactones) is 1. The second kappa shape index (κ2) is 14.5. The number of methoxy groups -OCH3 is 1. The van der Waals surface area contributed by atoms with Crippen molar-refractivity contribution in [3.8, 4) is 0 Å². The van der Waals surface area contributed by atoms with Gasteiger partial charge in [0.05, 0.1) is 17.8 Å². The van der Waals surface area contributed by atoms with Crippen molar-refractivity contribution in [2.45, 2.75) is 111 Å². The summed E-state index contributed by atoms with van der Waals surface area (Å²) in [4.78, 5) is 34.5. The molecule has 0 aromatic rings. The minimum atomic E-state index is -1.40. The first-order chi connectivity index (χ1) is 19.9. The highest BCUT2D eigenvalue weighted by atomic mass is 16.7. The van der Waals surface area contributed by atoms with Gasteiger partial charge in [-0.3, -0.25) is 14.5 Å². The number of likely N-dealkylation sites (tertiary alicyclic amines) is 1. The Labute approximate surface area is 260 Å². The van der Waals surface area contributed by atoms with E-state index in [0.29, 0.717) is 24.7 Å². The van der Waals surface area contributed by atoms with Gasteiger partial charge in [-0.25, -0.2) is 0 Å². The highest BCUT2D eigenvalue weighted by molar-refractivity contribution is 6.04. The summed E-state index contributed by atoms with van der Waals surface area (Å²) in [6, 6.07) is -0.114. The molecule has 0 aromatic heterocycles. The van der Waals surface area contributed by atoms with E-state index < -0.39 is 41.4 Å². The molecule has 3 aliphatic heterocycles. The highest BCUT2D eigenvalue weighted by Gasteiger charge is 2.52. The van der Waals surface area contributed by atoms with E-state index in [0.717, 1.165) is 26.2 Å². The van der Waals surface area contributed by atoms with Gasteiger partial charge in [0.1, 0.15) is 18.1 Å². The summed E-state index contributed by atoms with van der Waals surface area (Å²) in [5, 5.41) is 11.3. The Hall–Kier alpha value is -1.14. The third kappa shape index (κ3) is 8.37. The predicted molar refractivity (Wildman–Crippen MR) is 167 cm³/mol. The minimum absolute atomic E-state index is 0.0509. The zero-order chi connectivity index (χ0) is 32.4. The van der Waals surface area contributed by atoms with Crippen molar-refractivity contribution in [2.24, 2.45) is 29.1 Å². The number of Topliss-reactive ketones (excluding diaryl/α,β-unsaturated/α-hetero) is 1. The lowest BCUT2D eigenvalue weighted by atomic mass is 9.74. The Morgan fingerprint density at radius 3 is 2.28 bits per heavy atom. The minimum Gasteiger partial charge on any atom is -0.463 e. The summed E-state index contributed by atoms with van der Waals surface area (Å²) in [5.41, 5.74) is -2.30. The molecule has 250 valence electrons. The molecule has 0 unspecified atom stereocenters. The van der Waals surface area contributed by atoms with Crippen molar-refractivity contribution in [1.82, 2.24) is 14.7 Å². The fraction of sp³-hybridized carbons (Fsp3) is 0.939. The molecule has 3 saturated heterocycles.